The second kappa shape index (κ2) is 7.33. The summed E-state index contributed by atoms with van der Waals surface area (Å²) < 4.78 is 11.4. The molecule has 5 aromatic rings. The number of amides is 1. The minimum absolute atomic E-state index is 0.330. The van der Waals surface area contributed by atoms with E-state index in [0.29, 0.717) is 28.4 Å². The van der Waals surface area contributed by atoms with Gasteiger partial charge in [0.1, 0.15) is 16.9 Å². The SMILES string of the molecule is COc1cc2c(cc1NC(=O)c1cnc(-c3ccccc3)nc1)oc1ccccc12. The molecule has 5 rings (SSSR count). The Morgan fingerprint density at radius 2 is 1.63 bits per heavy atom. The van der Waals surface area contributed by atoms with E-state index in [1.165, 1.54) is 12.4 Å². The summed E-state index contributed by atoms with van der Waals surface area (Å²) in [5, 5.41) is 4.79. The molecule has 0 bridgehead atoms. The quantitative estimate of drug-likeness (QED) is 0.447. The van der Waals surface area contributed by atoms with Crippen LogP contribution in [0.1, 0.15) is 10.4 Å². The van der Waals surface area contributed by atoms with E-state index in [9.17, 15) is 4.79 Å². The van der Waals surface area contributed by atoms with E-state index in [-0.39, 0.29) is 5.91 Å². The van der Waals surface area contributed by atoms with Crippen molar-refractivity contribution in [3.05, 3.63) is 84.7 Å². The zero-order valence-corrected chi connectivity index (χ0v) is 16.1. The van der Waals surface area contributed by atoms with Gasteiger partial charge in [0.15, 0.2) is 5.82 Å². The van der Waals surface area contributed by atoms with Crippen molar-refractivity contribution in [1.29, 1.82) is 0 Å². The highest BCUT2D eigenvalue weighted by molar-refractivity contribution is 6.09. The third kappa shape index (κ3) is 3.14. The van der Waals surface area contributed by atoms with Gasteiger partial charge in [-0.05, 0) is 12.1 Å². The molecule has 0 spiro atoms. The third-order valence-corrected chi connectivity index (χ3v) is 4.89. The minimum atomic E-state index is -0.330. The molecule has 6 heteroatoms. The zero-order chi connectivity index (χ0) is 20.5. The highest BCUT2D eigenvalue weighted by Crippen LogP contribution is 2.36. The van der Waals surface area contributed by atoms with Gasteiger partial charge in [-0.3, -0.25) is 4.79 Å². The summed E-state index contributed by atoms with van der Waals surface area (Å²) in [6, 6.07) is 21.0. The van der Waals surface area contributed by atoms with Crippen molar-refractivity contribution in [2.75, 3.05) is 12.4 Å². The van der Waals surface area contributed by atoms with Crippen LogP contribution in [-0.2, 0) is 0 Å². The highest BCUT2D eigenvalue weighted by atomic mass is 16.5. The Morgan fingerprint density at radius 1 is 0.900 bits per heavy atom. The van der Waals surface area contributed by atoms with Crippen LogP contribution in [0.25, 0.3) is 33.3 Å². The van der Waals surface area contributed by atoms with E-state index in [1.807, 2.05) is 60.7 Å². The van der Waals surface area contributed by atoms with Gasteiger partial charge in [0.2, 0.25) is 0 Å². The third-order valence-electron chi connectivity index (χ3n) is 4.89. The van der Waals surface area contributed by atoms with Crippen LogP contribution in [0.5, 0.6) is 5.75 Å². The zero-order valence-electron chi connectivity index (χ0n) is 16.1. The van der Waals surface area contributed by atoms with Crippen LogP contribution in [-0.4, -0.2) is 23.0 Å². The second-order valence-corrected chi connectivity index (χ2v) is 6.76. The number of carbonyl (C=O) groups is 1. The molecule has 146 valence electrons. The van der Waals surface area contributed by atoms with E-state index in [1.54, 1.807) is 13.2 Å². The van der Waals surface area contributed by atoms with E-state index < -0.39 is 0 Å². The molecule has 30 heavy (non-hydrogen) atoms. The molecule has 0 saturated heterocycles. The summed E-state index contributed by atoms with van der Waals surface area (Å²) in [4.78, 5) is 21.4. The number of nitrogens with one attached hydrogen (secondary N) is 1. The minimum Gasteiger partial charge on any atom is -0.495 e. The second-order valence-electron chi connectivity index (χ2n) is 6.76. The Balaban J connectivity index is 1.46. The average Bonchev–Trinajstić information content (AvgIpc) is 3.16. The molecular weight excluding hydrogens is 378 g/mol. The van der Waals surface area contributed by atoms with Crippen molar-refractivity contribution < 1.29 is 13.9 Å². The Bertz CT molecular complexity index is 1360. The lowest BCUT2D eigenvalue weighted by molar-refractivity contribution is 0.102. The number of furan rings is 1. The topological polar surface area (TPSA) is 77.2 Å². The van der Waals surface area contributed by atoms with Gasteiger partial charge in [-0.1, -0.05) is 48.5 Å². The maximum absolute atomic E-state index is 12.8. The number of ether oxygens (including phenoxy) is 1. The maximum Gasteiger partial charge on any atom is 0.258 e. The van der Waals surface area contributed by atoms with Crippen LogP contribution < -0.4 is 10.1 Å². The van der Waals surface area contributed by atoms with E-state index in [0.717, 1.165) is 21.9 Å². The number of methoxy groups -OCH3 is 1. The molecule has 2 heterocycles. The van der Waals surface area contributed by atoms with Crippen LogP contribution in [0.2, 0.25) is 0 Å². The predicted molar refractivity (Wildman–Crippen MR) is 116 cm³/mol. The van der Waals surface area contributed by atoms with Gasteiger partial charge in [0.05, 0.1) is 18.4 Å². The Labute approximate surface area is 172 Å². The van der Waals surface area contributed by atoms with E-state index in [4.69, 9.17) is 9.15 Å². The first-order chi connectivity index (χ1) is 14.7. The maximum atomic E-state index is 12.8. The first-order valence-electron chi connectivity index (χ1n) is 9.41. The van der Waals surface area contributed by atoms with Gasteiger partial charge in [-0.15, -0.1) is 0 Å². The smallest absolute Gasteiger partial charge is 0.258 e. The van der Waals surface area contributed by atoms with Gasteiger partial charge in [0.25, 0.3) is 5.91 Å². The molecule has 3 aromatic carbocycles. The standard InChI is InChI=1S/C24H17N3O3/c1-29-22-11-18-17-9-5-6-10-20(17)30-21(18)12-19(22)27-24(28)16-13-25-23(26-14-16)15-7-3-2-4-8-15/h2-14H,1H3,(H,27,28). The van der Waals surface area contributed by atoms with Crippen LogP contribution in [0, 0.1) is 0 Å². The number of carbonyl (C=O) groups excluding carboxylic acids is 1. The molecule has 0 fully saturated rings. The first kappa shape index (κ1) is 17.9. The van der Waals surface area contributed by atoms with Crippen molar-refractivity contribution in [2.45, 2.75) is 0 Å². The number of fused-ring (bicyclic) bond motifs is 3. The summed E-state index contributed by atoms with van der Waals surface area (Å²) in [5.74, 6) is 0.779. The average molecular weight is 395 g/mol. The van der Waals surface area contributed by atoms with Crippen molar-refractivity contribution in [3.8, 4) is 17.1 Å². The largest absolute Gasteiger partial charge is 0.495 e. The number of rotatable bonds is 4. The Kier molecular flexibility index (Phi) is 4.37. The molecule has 0 radical (unpaired) electrons. The van der Waals surface area contributed by atoms with Gasteiger partial charge in [0, 0.05) is 34.8 Å². The Morgan fingerprint density at radius 3 is 2.40 bits per heavy atom. The van der Waals surface area contributed by atoms with Crippen molar-refractivity contribution in [2.24, 2.45) is 0 Å². The fourth-order valence-corrected chi connectivity index (χ4v) is 3.39. The van der Waals surface area contributed by atoms with Gasteiger partial charge < -0.3 is 14.5 Å². The molecular formula is C24H17N3O3. The number of nitrogens with zero attached hydrogens (tertiary/aromatic N) is 2. The van der Waals surface area contributed by atoms with Crippen LogP contribution in [0.4, 0.5) is 5.69 Å². The lowest BCUT2D eigenvalue weighted by Crippen LogP contribution is -2.13. The Hall–Kier alpha value is -4.19. The molecule has 0 unspecified atom stereocenters. The first-order valence-corrected chi connectivity index (χ1v) is 9.41. The number of anilines is 1. The van der Waals surface area contributed by atoms with Crippen molar-refractivity contribution in [1.82, 2.24) is 9.97 Å². The lowest BCUT2D eigenvalue weighted by atomic mass is 10.1. The van der Waals surface area contributed by atoms with Crippen LogP contribution >= 0.6 is 0 Å². The summed E-state index contributed by atoms with van der Waals surface area (Å²) in [5.41, 5.74) is 3.20. The highest BCUT2D eigenvalue weighted by Gasteiger charge is 2.15. The summed E-state index contributed by atoms with van der Waals surface area (Å²) in [6.07, 6.45) is 3.02. The predicted octanol–water partition coefficient (Wildman–Crippen LogP) is 5.30. The molecule has 0 saturated carbocycles. The molecule has 0 aliphatic carbocycles. The summed E-state index contributed by atoms with van der Waals surface area (Å²) in [6.45, 7) is 0. The fraction of sp³-hybridized carbons (Fsp3) is 0.0417. The van der Waals surface area contributed by atoms with Gasteiger partial charge in [-0.25, -0.2) is 9.97 Å². The van der Waals surface area contributed by atoms with Crippen molar-refractivity contribution in [3.63, 3.8) is 0 Å². The normalized spacial score (nSPS) is 11.0. The van der Waals surface area contributed by atoms with Crippen LogP contribution in [0.15, 0.2) is 83.5 Å². The van der Waals surface area contributed by atoms with E-state index in [2.05, 4.69) is 15.3 Å². The van der Waals surface area contributed by atoms with Crippen molar-refractivity contribution >= 4 is 33.5 Å². The number of hydrogen-bond donors (Lipinski definition) is 1. The summed E-state index contributed by atoms with van der Waals surface area (Å²) >= 11 is 0. The lowest BCUT2D eigenvalue weighted by Gasteiger charge is -2.10. The molecule has 0 aliphatic heterocycles. The molecule has 0 atom stereocenters. The van der Waals surface area contributed by atoms with E-state index >= 15 is 0 Å². The molecule has 1 amide bonds. The molecule has 2 aromatic heterocycles. The monoisotopic (exact) mass is 395 g/mol. The number of para-hydroxylation sites is 1. The van der Waals surface area contributed by atoms with Gasteiger partial charge in [-0.2, -0.15) is 0 Å². The number of benzene rings is 3. The molecule has 6 nitrogen and oxygen atoms in total. The number of hydrogen-bond acceptors (Lipinski definition) is 5. The summed E-state index contributed by atoms with van der Waals surface area (Å²) in [7, 11) is 1.57. The van der Waals surface area contributed by atoms with Crippen LogP contribution in [0.3, 0.4) is 0 Å². The fourth-order valence-electron chi connectivity index (χ4n) is 3.39. The number of aromatic nitrogens is 2. The van der Waals surface area contributed by atoms with Gasteiger partial charge >= 0.3 is 0 Å². The molecule has 0 aliphatic rings. The molecule has 1 N–H and O–H groups in total.